The Kier molecular flexibility index (Phi) is 9.44. The number of carbonyl (C=O) groups excluding carboxylic acids is 4. The van der Waals surface area contributed by atoms with Gasteiger partial charge >= 0.3 is 5.97 Å². The highest BCUT2D eigenvalue weighted by Crippen LogP contribution is 2.10. The van der Waals surface area contributed by atoms with Crippen molar-refractivity contribution in [2.75, 3.05) is 19.7 Å². The summed E-state index contributed by atoms with van der Waals surface area (Å²) in [7, 11) is 0. The van der Waals surface area contributed by atoms with Crippen molar-refractivity contribution in [3.05, 3.63) is 29.8 Å². The Morgan fingerprint density at radius 2 is 1.71 bits per heavy atom. The number of nitrogens with two attached hydrogens (primary N) is 1. The van der Waals surface area contributed by atoms with Gasteiger partial charge in [-0.05, 0) is 38.0 Å². The summed E-state index contributed by atoms with van der Waals surface area (Å²) in [5, 5.41) is 16.4. The normalized spacial score (nSPS) is 12.4. The number of hydrogen-bond donors (Lipinski definition) is 5. The fourth-order valence-electron chi connectivity index (χ4n) is 2.13. The number of benzene rings is 1. The van der Waals surface area contributed by atoms with Crippen molar-refractivity contribution in [3.63, 3.8) is 0 Å². The highest BCUT2D eigenvalue weighted by Gasteiger charge is 2.20. The van der Waals surface area contributed by atoms with E-state index in [0.717, 1.165) is 5.56 Å². The van der Waals surface area contributed by atoms with Gasteiger partial charge in [-0.25, -0.2) is 0 Å². The number of rotatable bonds is 10. The number of phenolic OH excluding ortho intramolecular Hbond substituents is 1. The molecule has 0 aliphatic carbocycles. The van der Waals surface area contributed by atoms with Crippen LogP contribution < -0.4 is 21.7 Å². The lowest BCUT2D eigenvalue weighted by molar-refractivity contribution is -0.143. The molecule has 0 saturated carbocycles. The van der Waals surface area contributed by atoms with Crippen LogP contribution in [0.25, 0.3) is 0 Å². The van der Waals surface area contributed by atoms with Crippen molar-refractivity contribution in [2.24, 2.45) is 5.73 Å². The van der Waals surface area contributed by atoms with E-state index < -0.39 is 35.8 Å². The van der Waals surface area contributed by atoms with Crippen LogP contribution in [0.1, 0.15) is 19.4 Å². The molecular formula is C18H26N4O6. The van der Waals surface area contributed by atoms with Gasteiger partial charge in [0.1, 0.15) is 18.3 Å². The highest BCUT2D eigenvalue weighted by atomic mass is 16.5. The van der Waals surface area contributed by atoms with Crippen molar-refractivity contribution >= 4 is 23.7 Å². The topological polar surface area (TPSA) is 160 Å². The van der Waals surface area contributed by atoms with E-state index in [4.69, 9.17) is 5.73 Å². The Labute approximate surface area is 162 Å². The summed E-state index contributed by atoms with van der Waals surface area (Å²) >= 11 is 0. The summed E-state index contributed by atoms with van der Waals surface area (Å²) in [4.78, 5) is 46.8. The van der Waals surface area contributed by atoms with Crippen molar-refractivity contribution in [2.45, 2.75) is 32.4 Å². The molecule has 0 aromatic heterocycles. The first kappa shape index (κ1) is 22.9. The standard InChI is InChI=1S/C18H26N4O6/c1-3-28-16(25)10-20-15(24)9-21-17(26)11(2)22-18(27)14(19)8-12-4-6-13(23)7-5-12/h4-7,11,14,23H,3,8-10,19H2,1-2H3,(H,20,24)(H,21,26)(H,22,27)/t11?,14-/m1/s1. The summed E-state index contributed by atoms with van der Waals surface area (Å²) < 4.78 is 4.66. The molecule has 0 radical (unpaired) electrons. The zero-order valence-electron chi connectivity index (χ0n) is 15.9. The Bertz CT molecular complexity index is 692. The summed E-state index contributed by atoms with van der Waals surface area (Å²) in [6.07, 6.45) is 0.233. The van der Waals surface area contributed by atoms with Crippen LogP contribution in [0.3, 0.4) is 0 Å². The van der Waals surface area contributed by atoms with Crippen LogP contribution in [0.5, 0.6) is 5.75 Å². The maximum atomic E-state index is 12.1. The van der Waals surface area contributed by atoms with E-state index in [2.05, 4.69) is 20.7 Å². The summed E-state index contributed by atoms with van der Waals surface area (Å²) in [6.45, 7) is 2.67. The van der Waals surface area contributed by atoms with Gasteiger partial charge in [-0.3, -0.25) is 19.2 Å². The van der Waals surface area contributed by atoms with Gasteiger partial charge in [0.25, 0.3) is 0 Å². The average molecular weight is 394 g/mol. The van der Waals surface area contributed by atoms with Crippen LogP contribution >= 0.6 is 0 Å². The molecule has 10 heteroatoms. The number of hydrogen-bond acceptors (Lipinski definition) is 7. The second kappa shape index (κ2) is 11.5. The molecule has 28 heavy (non-hydrogen) atoms. The van der Waals surface area contributed by atoms with E-state index >= 15 is 0 Å². The monoisotopic (exact) mass is 394 g/mol. The van der Waals surface area contributed by atoms with Crippen LogP contribution in [0.4, 0.5) is 0 Å². The zero-order chi connectivity index (χ0) is 21.1. The van der Waals surface area contributed by atoms with Gasteiger partial charge in [-0.2, -0.15) is 0 Å². The minimum atomic E-state index is -0.906. The van der Waals surface area contributed by atoms with Gasteiger partial charge in [-0.1, -0.05) is 12.1 Å². The molecule has 3 amide bonds. The van der Waals surface area contributed by atoms with Crippen LogP contribution in [0.2, 0.25) is 0 Å². The molecule has 1 aromatic carbocycles. The molecule has 1 aromatic rings. The Balaban J connectivity index is 2.35. The van der Waals surface area contributed by atoms with Crippen LogP contribution in [-0.2, 0) is 30.3 Å². The first-order valence-corrected chi connectivity index (χ1v) is 8.76. The Morgan fingerprint density at radius 3 is 2.32 bits per heavy atom. The largest absolute Gasteiger partial charge is 0.508 e. The molecular weight excluding hydrogens is 368 g/mol. The number of phenols is 1. The van der Waals surface area contributed by atoms with E-state index in [-0.39, 0.29) is 31.9 Å². The minimum absolute atomic E-state index is 0.110. The number of amides is 3. The highest BCUT2D eigenvalue weighted by molar-refractivity contribution is 5.92. The van der Waals surface area contributed by atoms with E-state index in [1.807, 2.05) is 0 Å². The lowest BCUT2D eigenvalue weighted by Crippen LogP contribution is -2.52. The van der Waals surface area contributed by atoms with Gasteiger partial charge in [0.2, 0.25) is 17.7 Å². The lowest BCUT2D eigenvalue weighted by Gasteiger charge is -2.17. The molecule has 6 N–H and O–H groups in total. The van der Waals surface area contributed by atoms with Gasteiger partial charge in [0, 0.05) is 0 Å². The lowest BCUT2D eigenvalue weighted by atomic mass is 10.1. The van der Waals surface area contributed by atoms with Crippen molar-refractivity contribution in [1.29, 1.82) is 0 Å². The molecule has 1 unspecified atom stereocenters. The first-order chi connectivity index (χ1) is 13.2. The molecule has 1 rings (SSSR count). The predicted molar refractivity (Wildman–Crippen MR) is 100 cm³/mol. The maximum absolute atomic E-state index is 12.1. The second-order valence-corrected chi connectivity index (χ2v) is 6.01. The van der Waals surface area contributed by atoms with Gasteiger partial charge in [0.05, 0.1) is 19.2 Å². The molecule has 0 aliphatic heterocycles. The van der Waals surface area contributed by atoms with E-state index in [9.17, 15) is 24.3 Å². The molecule has 0 saturated heterocycles. The van der Waals surface area contributed by atoms with Crippen molar-refractivity contribution in [1.82, 2.24) is 16.0 Å². The quantitative estimate of drug-likeness (QED) is 0.304. The number of carbonyl (C=O) groups is 4. The first-order valence-electron chi connectivity index (χ1n) is 8.76. The van der Waals surface area contributed by atoms with Crippen LogP contribution in [0.15, 0.2) is 24.3 Å². The summed E-state index contributed by atoms with van der Waals surface area (Å²) in [6, 6.07) is 4.48. The predicted octanol–water partition coefficient (Wildman–Crippen LogP) is -1.44. The zero-order valence-corrected chi connectivity index (χ0v) is 15.9. The molecule has 154 valence electrons. The van der Waals surface area contributed by atoms with Gasteiger partial charge in [-0.15, -0.1) is 0 Å². The number of aromatic hydroxyl groups is 1. The fourth-order valence-corrected chi connectivity index (χ4v) is 2.13. The molecule has 0 fully saturated rings. The van der Waals surface area contributed by atoms with Crippen molar-refractivity contribution < 1.29 is 29.0 Å². The fraction of sp³-hybridized carbons (Fsp3) is 0.444. The van der Waals surface area contributed by atoms with Crippen LogP contribution in [-0.4, -0.2) is 60.6 Å². The van der Waals surface area contributed by atoms with E-state index in [1.165, 1.54) is 19.1 Å². The van der Waals surface area contributed by atoms with E-state index in [1.54, 1.807) is 19.1 Å². The molecule has 0 spiro atoms. The molecule has 0 bridgehead atoms. The Morgan fingerprint density at radius 1 is 1.07 bits per heavy atom. The Hall–Kier alpha value is -3.14. The second-order valence-electron chi connectivity index (χ2n) is 6.01. The third-order valence-corrected chi connectivity index (χ3v) is 3.64. The smallest absolute Gasteiger partial charge is 0.325 e. The summed E-state index contributed by atoms with van der Waals surface area (Å²) in [5.41, 5.74) is 6.60. The summed E-state index contributed by atoms with van der Waals surface area (Å²) in [5.74, 6) is -2.13. The van der Waals surface area contributed by atoms with Crippen LogP contribution in [0, 0.1) is 0 Å². The SMILES string of the molecule is CCOC(=O)CNC(=O)CNC(=O)C(C)NC(=O)[C@H](N)Cc1ccc(O)cc1. The maximum Gasteiger partial charge on any atom is 0.325 e. The molecule has 10 nitrogen and oxygen atoms in total. The molecule has 0 heterocycles. The minimum Gasteiger partial charge on any atom is -0.508 e. The molecule has 0 aliphatic rings. The third kappa shape index (κ3) is 8.49. The molecule has 2 atom stereocenters. The van der Waals surface area contributed by atoms with Crippen molar-refractivity contribution in [3.8, 4) is 5.75 Å². The van der Waals surface area contributed by atoms with Gasteiger partial charge < -0.3 is 31.5 Å². The number of esters is 1. The average Bonchev–Trinajstić information content (AvgIpc) is 2.66. The van der Waals surface area contributed by atoms with E-state index in [0.29, 0.717) is 0 Å². The third-order valence-electron chi connectivity index (χ3n) is 3.64. The number of nitrogens with one attached hydrogen (secondary N) is 3. The van der Waals surface area contributed by atoms with Gasteiger partial charge in [0.15, 0.2) is 0 Å². The number of ether oxygens (including phenoxy) is 1.